The van der Waals surface area contributed by atoms with Crippen LogP contribution in [0.25, 0.3) is 0 Å². The maximum absolute atomic E-state index is 11.3. The van der Waals surface area contributed by atoms with Gasteiger partial charge < -0.3 is 20.5 Å². The Hall–Kier alpha value is -1.66. The Kier molecular flexibility index (Phi) is 5.98. The second-order valence-electron chi connectivity index (χ2n) is 3.45. The molecule has 0 aromatic carbocycles. The van der Waals surface area contributed by atoms with Gasteiger partial charge in [0.15, 0.2) is 0 Å². The Morgan fingerprint density at radius 1 is 1.53 bits per heavy atom. The van der Waals surface area contributed by atoms with Crippen LogP contribution in [0.2, 0.25) is 0 Å². The third kappa shape index (κ3) is 5.84. The zero-order chi connectivity index (χ0) is 12.5. The number of nitrogens with one attached hydrogen (secondary N) is 2. The van der Waals surface area contributed by atoms with E-state index in [4.69, 9.17) is 9.84 Å². The van der Waals surface area contributed by atoms with Crippen LogP contribution in [0.4, 0.5) is 0 Å². The van der Waals surface area contributed by atoms with Crippen molar-refractivity contribution in [2.75, 3.05) is 26.8 Å². The van der Waals surface area contributed by atoms with Crippen LogP contribution in [0.1, 0.15) is 5.69 Å². The normalized spacial score (nSPS) is 10.2. The lowest BCUT2D eigenvalue weighted by molar-refractivity contribution is -0.120. The van der Waals surface area contributed by atoms with Crippen LogP contribution >= 0.6 is 0 Å². The van der Waals surface area contributed by atoms with E-state index in [-0.39, 0.29) is 18.2 Å². The molecule has 0 bridgehead atoms. The highest BCUT2D eigenvalue weighted by molar-refractivity contribution is 5.77. The van der Waals surface area contributed by atoms with Crippen molar-refractivity contribution in [1.82, 2.24) is 15.6 Å². The summed E-state index contributed by atoms with van der Waals surface area (Å²) in [6.07, 6.45) is 1.37. The number of ether oxygens (including phenoxy) is 1. The minimum Gasteiger partial charge on any atom is -0.506 e. The molecule has 6 heteroatoms. The van der Waals surface area contributed by atoms with Gasteiger partial charge in [-0.25, -0.2) is 0 Å². The molecule has 0 aliphatic heterocycles. The summed E-state index contributed by atoms with van der Waals surface area (Å²) >= 11 is 0. The molecule has 94 valence electrons. The molecule has 0 atom stereocenters. The highest BCUT2D eigenvalue weighted by Crippen LogP contribution is 2.05. The Morgan fingerprint density at radius 3 is 3.00 bits per heavy atom. The largest absolute Gasteiger partial charge is 0.506 e. The summed E-state index contributed by atoms with van der Waals surface area (Å²) in [5, 5.41) is 14.7. The zero-order valence-electron chi connectivity index (χ0n) is 9.77. The van der Waals surface area contributed by atoms with Crippen LogP contribution in [-0.2, 0) is 16.1 Å². The van der Waals surface area contributed by atoms with Gasteiger partial charge in [0.2, 0.25) is 5.91 Å². The van der Waals surface area contributed by atoms with Gasteiger partial charge >= 0.3 is 0 Å². The minimum atomic E-state index is -0.0826. The van der Waals surface area contributed by atoms with E-state index in [2.05, 4.69) is 15.6 Å². The highest BCUT2D eigenvalue weighted by atomic mass is 16.5. The van der Waals surface area contributed by atoms with Crippen molar-refractivity contribution in [2.45, 2.75) is 6.54 Å². The van der Waals surface area contributed by atoms with E-state index in [1.54, 1.807) is 19.2 Å². The van der Waals surface area contributed by atoms with Crippen molar-refractivity contribution in [2.24, 2.45) is 0 Å². The molecule has 1 amide bonds. The fourth-order valence-corrected chi connectivity index (χ4v) is 1.18. The van der Waals surface area contributed by atoms with Crippen LogP contribution in [0.3, 0.4) is 0 Å². The van der Waals surface area contributed by atoms with Crippen molar-refractivity contribution in [3.63, 3.8) is 0 Å². The second-order valence-corrected chi connectivity index (χ2v) is 3.45. The molecule has 0 aliphatic rings. The molecule has 0 saturated heterocycles. The number of rotatable bonds is 7. The molecular weight excluding hydrogens is 222 g/mol. The SMILES string of the molecule is COCCNC(=O)CNCc1ccc(O)cn1. The number of carbonyl (C=O) groups is 1. The van der Waals surface area contributed by atoms with Crippen LogP contribution in [0.5, 0.6) is 5.75 Å². The molecule has 0 spiro atoms. The Labute approximate surface area is 100 Å². The lowest BCUT2D eigenvalue weighted by Crippen LogP contribution is -2.35. The van der Waals surface area contributed by atoms with Crippen LogP contribution in [0, 0.1) is 0 Å². The molecule has 0 aliphatic carbocycles. The average Bonchev–Trinajstić information content (AvgIpc) is 2.32. The number of pyridine rings is 1. The number of aromatic nitrogens is 1. The lowest BCUT2D eigenvalue weighted by Gasteiger charge is -2.06. The predicted octanol–water partition coefficient (Wildman–Crippen LogP) is -0.361. The van der Waals surface area contributed by atoms with E-state index >= 15 is 0 Å². The quantitative estimate of drug-likeness (QED) is 0.566. The molecule has 1 aromatic rings. The number of nitrogens with zero attached hydrogens (tertiary/aromatic N) is 1. The molecule has 0 unspecified atom stereocenters. The van der Waals surface area contributed by atoms with E-state index < -0.39 is 0 Å². The van der Waals surface area contributed by atoms with Gasteiger partial charge in [-0.15, -0.1) is 0 Å². The van der Waals surface area contributed by atoms with Crippen molar-refractivity contribution in [3.8, 4) is 5.75 Å². The number of methoxy groups -OCH3 is 1. The maximum Gasteiger partial charge on any atom is 0.234 e. The molecule has 0 saturated carbocycles. The van der Waals surface area contributed by atoms with Gasteiger partial charge in [-0.1, -0.05) is 0 Å². The zero-order valence-corrected chi connectivity index (χ0v) is 9.77. The predicted molar refractivity (Wildman–Crippen MR) is 62.5 cm³/mol. The van der Waals surface area contributed by atoms with E-state index in [0.717, 1.165) is 5.69 Å². The summed E-state index contributed by atoms with van der Waals surface area (Å²) in [6.45, 7) is 1.73. The van der Waals surface area contributed by atoms with Gasteiger partial charge in [0.1, 0.15) is 5.75 Å². The van der Waals surface area contributed by atoms with E-state index in [0.29, 0.717) is 19.7 Å². The van der Waals surface area contributed by atoms with Gasteiger partial charge in [0, 0.05) is 20.2 Å². The number of aromatic hydroxyl groups is 1. The third-order valence-electron chi connectivity index (χ3n) is 2.03. The molecule has 0 fully saturated rings. The van der Waals surface area contributed by atoms with Crippen LogP contribution < -0.4 is 10.6 Å². The molecule has 0 radical (unpaired) electrons. The average molecular weight is 239 g/mol. The van der Waals surface area contributed by atoms with Gasteiger partial charge in [-0.3, -0.25) is 9.78 Å². The summed E-state index contributed by atoms with van der Waals surface area (Å²) in [5.74, 6) is 0.0480. The van der Waals surface area contributed by atoms with Crippen LogP contribution in [-0.4, -0.2) is 42.8 Å². The number of hydrogen-bond acceptors (Lipinski definition) is 5. The first-order valence-electron chi connectivity index (χ1n) is 5.32. The first-order valence-corrected chi connectivity index (χ1v) is 5.32. The Bertz CT molecular complexity index is 340. The highest BCUT2D eigenvalue weighted by Gasteiger charge is 2.00. The summed E-state index contributed by atoms with van der Waals surface area (Å²) in [5.41, 5.74) is 0.771. The lowest BCUT2D eigenvalue weighted by atomic mass is 10.3. The Morgan fingerprint density at radius 2 is 2.35 bits per heavy atom. The van der Waals surface area contributed by atoms with Crippen molar-refractivity contribution in [1.29, 1.82) is 0 Å². The van der Waals surface area contributed by atoms with Gasteiger partial charge in [0.25, 0.3) is 0 Å². The minimum absolute atomic E-state index is 0.0826. The molecule has 1 aromatic heterocycles. The summed E-state index contributed by atoms with van der Waals surface area (Å²) in [4.78, 5) is 15.3. The monoisotopic (exact) mass is 239 g/mol. The number of hydrogen-bond donors (Lipinski definition) is 3. The third-order valence-corrected chi connectivity index (χ3v) is 2.03. The molecule has 6 nitrogen and oxygen atoms in total. The maximum atomic E-state index is 11.3. The topological polar surface area (TPSA) is 83.5 Å². The second kappa shape index (κ2) is 7.59. The summed E-state index contributed by atoms with van der Waals surface area (Å²) < 4.78 is 4.81. The van der Waals surface area contributed by atoms with E-state index in [9.17, 15) is 4.79 Å². The first-order chi connectivity index (χ1) is 8.22. The van der Waals surface area contributed by atoms with E-state index in [1.807, 2.05) is 0 Å². The van der Waals surface area contributed by atoms with Crippen molar-refractivity contribution >= 4 is 5.91 Å². The van der Waals surface area contributed by atoms with Crippen LogP contribution in [0.15, 0.2) is 18.3 Å². The molecular formula is C11H17N3O3. The standard InChI is InChI=1S/C11H17N3O3/c1-17-5-4-13-11(16)8-12-6-9-2-3-10(15)7-14-9/h2-3,7,12,15H,4-6,8H2,1H3,(H,13,16). The van der Waals surface area contributed by atoms with Gasteiger partial charge in [-0.2, -0.15) is 0 Å². The summed E-state index contributed by atoms with van der Waals surface area (Å²) in [6, 6.07) is 3.26. The molecule has 17 heavy (non-hydrogen) atoms. The molecule has 3 N–H and O–H groups in total. The van der Waals surface area contributed by atoms with E-state index in [1.165, 1.54) is 6.20 Å². The summed E-state index contributed by atoms with van der Waals surface area (Å²) in [7, 11) is 1.58. The number of carbonyl (C=O) groups excluding carboxylic acids is 1. The number of amides is 1. The fourth-order valence-electron chi connectivity index (χ4n) is 1.18. The molecule has 1 rings (SSSR count). The smallest absolute Gasteiger partial charge is 0.234 e. The van der Waals surface area contributed by atoms with Gasteiger partial charge in [-0.05, 0) is 12.1 Å². The fraction of sp³-hybridized carbons (Fsp3) is 0.455. The first kappa shape index (κ1) is 13.4. The van der Waals surface area contributed by atoms with Gasteiger partial charge in [0.05, 0.1) is 25.0 Å². The van der Waals surface area contributed by atoms with Crippen molar-refractivity contribution in [3.05, 3.63) is 24.0 Å². The molecule has 1 heterocycles. The Balaban J connectivity index is 2.14. The van der Waals surface area contributed by atoms with Crippen molar-refractivity contribution < 1.29 is 14.6 Å².